The van der Waals surface area contributed by atoms with Gasteiger partial charge in [0.15, 0.2) is 5.82 Å². The molecule has 74 heavy (non-hydrogen) atoms. The number of nitrogens with one attached hydrogen (secondary N) is 2. The zero-order chi connectivity index (χ0) is 50.6. The normalized spacial score (nSPS) is 23.5. The van der Waals surface area contributed by atoms with Crippen LogP contribution in [0.25, 0.3) is 32.9 Å². The van der Waals surface area contributed by atoms with Gasteiger partial charge in [-0.15, -0.1) is 6.42 Å². The lowest BCUT2D eigenvalue weighted by Gasteiger charge is -2.41. The van der Waals surface area contributed by atoms with Crippen molar-refractivity contribution < 1.29 is 33.0 Å². The number of hydrogen-bond acceptors (Lipinski definition) is 14. The molecule has 6 saturated heterocycles. The van der Waals surface area contributed by atoms with Crippen LogP contribution >= 0.6 is 0 Å². The number of likely N-dealkylation sites (tertiary alicyclic amines) is 1. The first-order chi connectivity index (χ1) is 36.0. The fraction of sp³-hybridized carbons (Fsp3) is 0.500. The van der Waals surface area contributed by atoms with Crippen molar-refractivity contribution >= 4 is 50.9 Å². The molecule has 5 aromatic rings. The van der Waals surface area contributed by atoms with Crippen molar-refractivity contribution in [2.75, 3.05) is 101 Å². The molecule has 18 heteroatoms. The molecule has 6 fully saturated rings. The van der Waals surface area contributed by atoms with Crippen LogP contribution in [0.15, 0.2) is 48.7 Å². The van der Waals surface area contributed by atoms with Crippen LogP contribution in [0.2, 0.25) is 0 Å². The number of aromatic hydroxyl groups is 1. The molecule has 3 unspecified atom stereocenters. The number of aromatic nitrogens is 3. The number of ether oxygens (including phenoxy) is 1. The Labute approximate surface area is 429 Å². The van der Waals surface area contributed by atoms with Crippen LogP contribution in [0.4, 0.5) is 20.3 Å². The predicted molar refractivity (Wildman–Crippen MR) is 277 cm³/mol. The maximum atomic E-state index is 17.0. The number of phenols is 1. The van der Waals surface area contributed by atoms with Crippen molar-refractivity contribution in [1.29, 1.82) is 0 Å². The van der Waals surface area contributed by atoms with Gasteiger partial charge in [0.2, 0.25) is 11.8 Å². The van der Waals surface area contributed by atoms with Crippen LogP contribution in [-0.2, 0) is 16.1 Å². The molecule has 3 N–H and O–H groups in total. The van der Waals surface area contributed by atoms with Gasteiger partial charge in [0.1, 0.15) is 41.2 Å². The molecule has 386 valence electrons. The van der Waals surface area contributed by atoms with E-state index in [2.05, 4.69) is 57.1 Å². The van der Waals surface area contributed by atoms with Crippen molar-refractivity contribution in [1.82, 2.24) is 45.2 Å². The van der Waals surface area contributed by atoms with Gasteiger partial charge < -0.3 is 39.7 Å². The minimum Gasteiger partial charge on any atom is -0.508 e. The van der Waals surface area contributed by atoms with Gasteiger partial charge in [0.05, 0.1) is 10.9 Å². The molecule has 0 spiro atoms. The SMILES string of the molecule is C#Cc1c(F)ccc2cc(O)cc(-c3ncc4c(N5CC6CCC(C5)N6)nc(OCCN5CCC(CN6CCN(CC7CCN(c8ccc9c(c8)CN(C8CCC(=O)NC8=O)C9=O)CC7)CC6)CC5)nc4c3F)c12. The number of hydrogen-bond donors (Lipinski definition) is 3. The molecule has 2 aromatic heterocycles. The third-order valence-electron chi connectivity index (χ3n) is 16.9. The Kier molecular flexibility index (Phi) is 13.3. The number of phenolic OH excluding ortho intramolecular Hbond substituents is 1. The number of anilines is 2. The first kappa shape index (κ1) is 48.4. The second-order valence-electron chi connectivity index (χ2n) is 21.6. The fourth-order valence-electron chi connectivity index (χ4n) is 12.9. The number of carbonyl (C=O) groups is 3. The van der Waals surface area contributed by atoms with Crippen LogP contribution in [-0.4, -0.2) is 167 Å². The molecule has 9 heterocycles. The molecule has 3 atom stereocenters. The minimum absolute atomic E-state index is 0.0363. The Bertz CT molecular complexity index is 3040. The zero-order valence-electron chi connectivity index (χ0n) is 41.7. The summed E-state index contributed by atoms with van der Waals surface area (Å²) < 4.78 is 38.3. The molecular weight excluding hydrogens is 945 g/mol. The van der Waals surface area contributed by atoms with Crippen molar-refractivity contribution in [2.24, 2.45) is 11.8 Å². The summed E-state index contributed by atoms with van der Waals surface area (Å²) in [4.78, 5) is 65.5. The molecule has 12 rings (SSSR count). The Morgan fingerprint density at radius 1 is 0.784 bits per heavy atom. The van der Waals surface area contributed by atoms with E-state index in [0.717, 1.165) is 115 Å². The van der Waals surface area contributed by atoms with Gasteiger partial charge in [-0.05, 0) is 117 Å². The molecule has 16 nitrogen and oxygen atoms in total. The number of nitrogens with zero attached hydrogens (tertiary/aromatic N) is 9. The standard InChI is InChI=1S/C56H63F2N11O5/c1-2-42-46(57)8-3-36-26-41(70)27-44(49(36)42)51-50(58)52-45(28-59-51)53(68-32-38-4-5-39(33-68)60-38)63-56(62-52)74-24-23-64-15-11-34(12-16-64)29-65-19-21-66(22-20-65)30-35-13-17-67(18-14-35)40-6-7-43-37(25-40)31-69(55(43)73)47-9-10-48(71)61-54(47)72/h1,3,6-8,25-28,34-35,38-39,47,60,70H,4-5,9-24,29-33H2,(H,61,71,72). The van der Waals surface area contributed by atoms with Crippen LogP contribution in [0.5, 0.6) is 11.8 Å². The number of carbonyl (C=O) groups excluding carboxylic acids is 3. The molecule has 7 aliphatic rings. The Morgan fingerprint density at radius 3 is 2.20 bits per heavy atom. The lowest BCUT2D eigenvalue weighted by molar-refractivity contribution is -0.136. The van der Waals surface area contributed by atoms with Gasteiger partial charge in [0.25, 0.3) is 5.91 Å². The van der Waals surface area contributed by atoms with Crippen LogP contribution in [0.1, 0.15) is 72.9 Å². The number of amides is 3. The summed E-state index contributed by atoms with van der Waals surface area (Å²) in [6, 6.07) is 11.7. The number of piperidine rings is 3. The molecule has 2 bridgehead atoms. The maximum absolute atomic E-state index is 17.0. The van der Waals surface area contributed by atoms with E-state index >= 15 is 8.78 Å². The summed E-state index contributed by atoms with van der Waals surface area (Å²) in [6.07, 6.45) is 14.6. The minimum atomic E-state index is -0.730. The lowest BCUT2D eigenvalue weighted by atomic mass is 9.94. The van der Waals surface area contributed by atoms with Gasteiger partial charge in [0, 0.05) is 125 Å². The molecule has 7 aliphatic heterocycles. The number of benzene rings is 3. The maximum Gasteiger partial charge on any atom is 0.319 e. The zero-order valence-corrected chi connectivity index (χ0v) is 41.7. The fourth-order valence-corrected chi connectivity index (χ4v) is 12.9. The van der Waals surface area contributed by atoms with E-state index in [1.807, 2.05) is 12.1 Å². The van der Waals surface area contributed by atoms with E-state index in [0.29, 0.717) is 85.3 Å². The second kappa shape index (κ2) is 20.3. The van der Waals surface area contributed by atoms with E-state index in [1.54, 1.807) is 11.1 Å². The largest absolute Gasteiger partial charge is 0.508 e. The van der Waals surface area contributed by atoms with E-state index in [-0.39, 0.29) is 63.6 Å². The summed E-state index contributed by atoms with van der Waals surface area (Å²) in [6.45, 7) is 13.4. The van der Waals surface area contributed by atoms with Crippen molar-refractivity contribution in [3.8, 4) is 35.4 Å². The highest BCUT2D eigenvalue weighted by atomic mass is 19.1. The van der Waals surface area contributed by atoms with Crippen LogP contribution in [0.3, 0.4) is 0 Å². The Hall–Kier alpha value is -6.52. The number of imide groups is 1. The summed E-state index contributed by atoms with van der Waals surface area (Å²) in [5.41, 5.74) is 2.80. The van der Waals surface area contributed by atoms with E-state index in [1.165, 1.54) is 24.3 Å². The number of piperazine rings is 2. The molecule has 0 saturated carbocycles. The van der Waals surface area contributed by atoms with Crippen molar-refractivity contribution in [3.05, 3.63) is 77.0 Å². The van der Waals surface area contributed by atoms with E-state index in [9.17, 15) is 19.5 Å². The topological polar surface area (TPSA) is 163 Å². The Morgan fingerprint density at radius 2 is 1.50 bits per heavy atom. The lowest BCUT2D eigenvalue weighted by Crippen LogP contribution is -2.52. The van der Waals surface area contributed by atoms with Gasteiger partial charge in [-0.2, -0.15) is 9.97 Å². The highest BCUT2D eigenvalue weighted by Gasteiger charge is 2.40. The van der Waals surface area contributed by atoms with E-state index < -0.39 is 17.7 Å². The summed E-state index contributed by atoms with van der Waals surface area (Å²) in [5.74, 6) is 2.00. The quantitative estimate of drug-likeness (QED) is 0.111. The van der Waals surface area contributed by atoms with Crippen LogP contribution in [0, 0.1) is 35.8 Å². The number of fused-ring (bicyclic) bond motifs is 5. The average molecular weight is 1010 g/mol. The average Bonchev–Trinajstić information content (AvgIpc) is 3.92. The summed E-state index contributed by atoms with van der Waals surface area (Å²) >= 11 is 0. The number of terminal acetylenes is 1. The van der Waals surface area contributed by atoms with Crippen molar-refractivity contribution in [3.63, 3.8) is 0 Å². The number of pyridine rings is 1. The first-order valence-electron chi connectivity index (χ1n) is 26.6. The molecule has 3 amide bonds. The molecule has 0 aliphatic carbocycles. The van der Waals surface area contributed by atoms with Crippen molar-refractivity contribution in [2.45, 2.75) is 76.0 Å². The summed E-state index contributed by atoms with van der Waals surface area (Å²) in [7, 11) is 0. The van der Waals surface area contributed by atoms with Gasteiger partial charge in [-0.1, -0.05) is 12.0 Å². The van der Waals surface area contributed by atoms with Gasteiger partial charge in [-0.25, -0.2) is 8.78 Å². The molecular formula is C56H63F2N11O5. The van der Waals surface area contributed by atoms with Gasteiger partial charge >= 0.3 is 6.01 Å². The third-order valence-corrected chi connectivity index (χ3v) is 16.9. The number of rotatable bonds is 12. The molecule has 0 radical (unpaired) electrons. The van der Waals surface area contributed by atoms with Gasteiger partial charge in [-0.3, -0.25) is 29.6 Å². The highest BCUT2D eigenvalue weighted by molar-refractivity contribution is 6.06. The highest BCUT2D eigenvalue weighted by Crippen LogP contribution is 2.40. The van der Waals surface area contributed by atoms with E-state index in [4.69, 9.17) is 16.1 Å². The third kappa shape index (κ3) is 9.59. The second-order valence-corrected chi connectivity index (χ2v) is 21.6. The van der Waals surface area contributed by atoms with Crippen LogP contribution < -0.4 is 25.2 Å². The smallest absolute Gasteiger partial charge is 0.319 e. The Balaban J connectivity index is 0.617. The predicted octanol–water partition coefficient (Wildman–Crippen LogP) is 5.14. The summed E-state index contributed by atoms with van der Waals surface area (Å²) in [5, 5.41) is 17.9. The monoisotopic (exact) mass is 1010 g/mol. The first-order valence-corrected chi connectivity index (χ1v) is 26.6. The molecule has 3 aromatic carbocycles. The number of halogens is 2.